The highest BCUT2D eigenvalue weighted by molar-refractivity contribution is 5.20. The molecule has 0 aliphatic carbocycles. The van der Waals surface area contributed by atoms with Crippen LogP contribution in [0.15, 0.2) is 30.3 Å². The molecule has 0 bridgehead atoms. The summed E-state index contributed by atoms with van der Waals surface area (Å²) in [6.45, 7) is 1.67. The highest BCUT2D eigenvalue weighted by Crippen LogP contribution is 2.20. The van der Waals surface area contributed by atoms with Crippen LogP contribution < -0.4 is 0 Å². The fourth-order valence-electron chi connectivity index (χ4n) is 1.22. The maximum atomic E-state index is 9.83. The lowest BCUT2D eigenvalue weighted by Gasteiger charge is -2.13. The van der Waals surface area contributed by atoms with Crippen LogP contribution in [0, 0.1) is 17.8 Å². The summed E-state index contributed by atoms with van der Waals surface area (Å²) in [4.78, 5) is 0. The number of hydrogen-bond acceptors (Lipinski definition) is 2. The van der Waals surface area contributed by atoms with E-state index < -0.39 is 6.10 Å². The van der Waals surface area contributed by atoms with Gasteiger partial charge in [0.2, 0.25) is 0 Å². The van der Waals surface area contributed by atoms with E-state index in [1.54, 1.807) is 0 Å². The van der Waals surface area contributed by atoms with Gasteiger partial charge < -0.3 is 10.2 Å². The van der Waals surface area contributed by atoms with Gasteiger partial charge in [0, 0.05) is 5.92 Å². The van der Waals surface area contributed by atoms with Crippen molar-refractivity contribution < 1.29 is 10.2 Å². The minimum atomic E-state index is -0.588. The van der Waals surface area contributed by atoms with Gasteiger partial charge in [-0.3, -0.25) is 0 Å². The molecule has 0 saturated heterocycles. The Morgan fingerprint density at radius 2 is 1.93 bits per heavy atom. The molecule has 2 N–H and O–H groups in total. The molecule has 1 rings (SSSR count). The maximum Gasteiger partial charge on any atom is 0.104 e. The Kier molecular flexibility index (Phi) is 4.18. The first kappa shape index (κ1) is 10.8. The van der Waals surface area contributed by atoms with Crippen LogP contribution >= 0.6 is 0 Å². The van der Waals surface area contributed by atoms with Crippen molar-refractivity contribution in [3.8, 4) is 11.8 Å². The van der Waals surface area contributed by atoms with Gasteiger partial charge in [0.1, 0.15) is 6.61 Å². The number of rotatable bonds is 2. The van der Waals surface area contributed by atoms with Gasteiger partial charge in [0.15, 0.2) is 0 Å². The van der Waals surface area contributed by atoms with E-state index in [4.69, 9.17) is 5.11 Å². The smallest absolute Gasteiger partial charge is 0.104 e. The molecule has 1 aromatic carbocycles. The Morgan fingerprint density at radius 3 is 2.50 bits per heavy atom. The molecule has 0 spiro atoms. The summed E-state index contributed by atoms with van der Waals surface area (Å²) in [5.41, 5.74) is 0.854. The highest BCUT2D eigenvalue weighted by atomic mass is 16.3. The fourth-order valence-corrected chi connectivity index (χ4v) is 1.22. The van der Waals surface area contributed by atoms with Gasteiger partial charge in [-0.1, -0.05) is 42.2 Å². The van der Waals surface area contributed by atoms with E-state index in [9.17, 15) is 5.11 Å². The minimum absolute atomic E-state index is 0.161. The van der Waals surface area contributed by atoms with Crippen LogP contribution in [0.5, 0.6) is 0 Å². The van der Waals surface area contributed by atoms with Crippen LogP contribution in [0.25, 0.3) is 0 Å². The average molecular weight is 190 g/mol. The lowest BCUT2D eigenvalue weighted by Crippen LogP contribution is -2.07. The van der Waals surface area contributed by atoms with Gasteiger partial charge in [-0.15, -0.1) is 0 Å². The van der Waals surface area contributed by atoms with Crippen molar-refractivity contribution in [2.45, 2.75) is 13.0 Å². The predicted molar refractivity (Wildman–Crippen MR) is 55.4 cm³/mol. The normalized spacial score (nSPS) is 13.9. The zero-order valence-corrected chi connectivity index (χ0v) is 8.14. The maximum absolute atomic E-state index is 9.83. The summed E-state index contributed by atoms with van der Waals surface area (Å²) >= 11 is 0. The molecule has 2 atom stereocenters. The third-order valence-electron chi connectivity index (χ3n) is 2.02. The Morgan fingerprint density at radius 1 is 1.29 bits per heavy atom. The molecule has 2 heteroatoms. The molecule has 0 unspecified atom stereocenters. The van der Waals surface area contributed by atoms with E-state index in [0.717, 1.165) is 5.56 Å². The van der Waals surface area contributed by atoms with Crippen LogP contribution in [0.1, 0.15) is 18.6 Å². The van der Waals surface area contributed by atoms with Crippen molar-refractivity contribution >= 4 is 0 Å². The third kappa shape index (κ3) is 2.88. The Bertz CT molecular complexity index is 321. The lowest BCUT2D eigenvalue weighted by atomic mass is 9.98. The zero-order chi connectivity index (χ0) is 10.4. The second-order valence-corrected chi connectivity index (χ2v) is 3.12. The Balaban J connectivity index is 2.70. The second kappa shape index (κ2) is 5.43. The molecular weight excluding hydrogens is 176 g/mol. The molecule has 0 radical (unpaired) electrons. The topological polar surface area (TPSA) is 40.5 Å². The fraction of sp³-hybridized carbons (Fsp3) is 0.333. The molecule has 14 heavy (non-hydrogen) atoms. The zero-order valence-electron chi connectivity index (χ0n) is 8.14. The van der Waals surface area contributed by atoms with E-state index in [0.29, 0.717) is 0 Å². The largest absolute Gasteiger partial charge is 0.387 e. The van der Waals surface area contributed by atoms with Gasteiger partial charge in [0.05, 0.1) is 6.10 Å². The van der Waals surface area contributed by atoms with Gasteiger partial charge in [0.25, 0.3) is 0 Å². The Hall–Kier alpha value is -1.30. The van der Waals surface area contributed by atoms with E-state index >= 15 is 0 Å². The molecule has 0 aromatic heterocycles. The van der Waals surface area contributed by atoms with E-state index in [2.05, 4.69) is 11.8 Å². The summed E-state index contributed by atoms with van der Waals surface area (Å²) in [7, 11) is 0. The molecule has 0 heterocycles. The van der Waals surface area contributed by atoms with Crippen LogP contribution in [0.4, 0.5) is 0 Å². The molecule has 0 fully saturated rings. The van der Waals surface area contributed by atoms with E-state index in [1.165, 1.54) is 0 Å². The first-order valence-corrected chi connectivity index (χ1v) is 4.58. The van der Waals surface area contributed by atoms with E-state index in [1.807, 2.05) is 37.3 Å². The van der Waals surface area contributed by atoms with Crippen molar-refractivity contribution in [2.24, 2.45) is 5.92 Å². The monoisotopic (exact) mass is 190 g/mol. The van der Waals surface area contributed by atoms with Crippen molar-refractivity contribution in [3.05, 3.63) is 35.9 Å². The predicted octanol–water partition coefficient (Wildman–Crippen LogP) is 1.35. The lowest BCUT2D eigenvalue weighted by molar-refractivity contribution is 0.143. The Labute approximate surface area is 84.2 Å². The molecule has 0 amide bonds. The van der Waals surface area contributed by atoms with Crippen LogP contribution in [-0.4, -0.2) is 16.8 Å². The van der Waals surface area contributed by atoms with Gasteiger partial charge >= 0.3 is 0 Å². The number of hydrogen-bond donors (Lipinski definition) is 2. The first-order chi connectivity index (χ1) is 6.75. The van der Waals surface area contributed by atoms with Gasteiger partial charge in [-0.2, -0.15) is 0 Å². The number of aliphatic hydroxyl groups is 2. The van der Waals surface area contributed by atoms with Crippen LogP contribution in [-0.2, 0) is 0 Å². The first-order valence-electron chi connectivity index (χ1n) is 4.58. The summed E-state index contributed by atoms with van der Waals surface area (Å²) in [6, 6.07) is 9.39. The molecule has 0 saturated carbocycles. The van der Waals surface area contributed by atoms with Crippen molar-refractivity contribution in [1.82, 2.24) is 0 Å². The molecule has 0 aliphatic heterocycles. The van der Waals surface area contributed by atoms with Crippen molar-refractivity contribution in [2.75, 3.05) is 6.61 Å². The molecule has 0 aliphatic rings. The third-order valence-corrected chi connectivity index (χ3v) is 2.02. The summed E-state index contributed by atoms with van der Waals surface area (Å²) in [6.07, 6.45) is -0.588. The van der Waals surface area contributed by atoms with E-state index in [-0.39, 0.29) is 12.5 Å². The van der Waals surface area contributed by atoms with Crippen molar-refractivity contribution in [1.29, 1.82) is 0 Å². The van der Waals surface area contributed by atoms with Gasteiger partial charge in [-0.25, -0.2) is 0 Å². The second-order valence-electron chi connectivity index (χ2n) is 3.12. The molecule has 2 nitrogen and oxygen atoms in total. The van der Waals surface area contributed by atoms with Crippen LogP contribution in [0.2, 0.25) is 0 Å². The number of benzene rings is 1. The molecular formula is C12H14O2. The molecule has 1 aromatic rings. The summed E-state index contributed by atoms with van der Waals surface area (Å²) in [5.74, 6) is 5.16. The van der Waals surface area contributed by atoms with Crippen LogP contribution in [0.3, 0.4) is 0 Å². The molecule has 74 valence electrons. The average Bonchev–Trinajstić information content (AvgIpc) is 2.26. The minimum Gasteiger partial charge on any atom is -0.387 e. The summed E-state index contributed by atoms with van der Waals surface area (Å²) in [5, 5.41) is 18.3. The van der Waals surface area contributed by atoms with Gasteiger partial charge in [-0.05, 0) is 12.5 Å². The van der Waals surface area contributed by atoms with Crippen molar-refractivity contribution in [3.63, 3.8) is 0 Å². The highest BCUT2D eigenvalue weighted by Gasteiger charge is 2.12. The quantitative estimate of drug-likeness (QED) is 0.691. The number of aliphatic hydroxyl groups excluding tert-OH is 2. The summed E-state index contributed by atoms with van der Waals surface area (Å²) < 4.78 is 0. The SMILES string of the molecule is C[C@H](C#CCO)[C@@H](O)c1ccccc1. The standard InChI is InChI=1S/C12H14O2/c1-10(6-5-9-13)12(14)11-7-3-2-4-8-11/h2-4,7-8,10,12-14H,9H2,1H3/t10-,12-/m1/s1.